The Bertz CT molecular complexity index is 788. The van der Waals surface area contributed by atoms with Crippen molar-refractivity contribution in [1.29, 1.82) is 0 Å². The molecule has 2 aliphatic rings. The number of benzene rings is 2. The Kier molecular flexibility index (Phi) is 2.90. The molecular weight excluding hydrogens is 280 g/mol. The molecule has 4 rings (SSSR count). The van der Waals surface area contributed by atoms with Crippen LogP contribution in [0.5, 0.6) is 0 Å². The lowest BCUT2D eigenvalue weighted by Crippen LogP contribution is -2.28. The largest absolute Gasteiger partial charge is 0.373 e. The zero-order chi connectivity index (χ0) is 14.2. The predicted molar refractivity (Wildman–Crippen MR) is 87.8 cm³/mol. The molecule has 0 amide bonds. The molecule has 102 valence electrons. The highest BCUT2D eigenvalue weighted by atomic mass is 35.5. The van der Waals surface area contributed by atoms with E-state index in [1.165, 1.54) is 5.56 Å². The number of nitrogens with zero attached hydrogens (tertiary/aromatic N) is 1. The number of para-hydroxylation sites is 1. The van der Waals surface area contributed by atoms with Gasteiger partial charge in [0.05, 0.1) is 11.7 Å². The SMILES string of the molecule is ClC1=Nc2ccccc2C2NC(c3ccccc3)=CC=C12. The summed E-state index contributed by atoms with van der Waals surface area (Å²) in [6, 6.07) is 18.5. The van der Waals surface area contributed by atoms with Gasteiger partial charge in [0.25, 0.3) is 0 Å². The van der Waals surface area contributed by atoms with Crippen LogP contribution in [0.25, 0.3) is 5.70 Å². The highest BCUT2D eigenvalue weighted by molar-refractivity contribution is 6.70. The maximum absolute atomic E-state index is 6.32. The lowest BCUT2D eigenvalue weighted by molar-refractivity contribution is 0.739. The minimum Gasteiger partial charge on any atom is -0.373 e. The van der Waals surface area contributed by atoms with E-state index in [-0.39, 0.29) is 6.04 Å². The normalized spacial score (nSPS) is 19.5. The fraction of sp³-hybridized carbons (Fsp3) is 0.0556. The molecule has 1 atom stereocenters. The van der Waals surface area contributed by atoms with Crippen molar-refractivity contribution >= 4 is 28.2 Å². The van der Waals surface area contributed by atoms with Gasteiger partial charge in [-0.1, -0.05) is 66.2 Å². The summed E-state index contributed by atoms with van der Waals surface area (Å²) in [7, 11) is 0. The van der Waals surface area contributed by atoms with E-state index in [0.717, 1.165) is 22.5 Å². The number of hydrogen-bond acceptors (Lipinski definition) is 2. The maximum Gasteiger partial charge on any atom is 0.135 e. The van der Waals surface area contributed by atoms with Crippen LogP contribution in [0.2, 0.25) is 0 Å². The summed E-state index contributed by atoms with van der Waals surface area (Å²) < 4.78 is 0. The molecule has 0 fully saturated rings. The van der Waals surface area contributed by atoms with Gasteiger partial charge < -0.3 is 5.32 Å². The standard InChI is InChI=1S/C18H13ClN2/c19-18-14-10-11-15(12-6-2-1-3-7-12)20-17(14)13-8-4-5-9-16(13)21-18/h1-11,17,20H. The van der Waals surface area contributed by atoms with Crippen LogP contribution in [0.3, 0.4) is 0 Å². The number of fused-ring (bicyclic) bond motifs is 3. The third-order valence-corrected chi connectivity index (χ3v) is 4.13. The fourth-order valence-corrected chi connectivity index (χ4v) is 3.05. The van der Waals surface area contributed by atoms with Crippen LogP contribution in [0.15, 0.2) is 77.3 Å². The van der Waals surface area contributed by atoms with E-state index in [2.05, 4.69) is 40.7 Å². The number of aliphatic imine (C=N–C) groups is 1. The van der Waals surface area contributed by atoms with Gasteiger partial charge >= 0.3 is 0 Å². The molecule has 0 bridgehead atoms. The van der Waals surface area contributed by atoms with Gasteiger partial charge in [0, 0.05) is 16.8 Å². The van der Waals surface area contributed by atoms with Crippen molar-refractivity contribution in [1.82, 2.24) is 5.32 Å². The van der Waals surface area contributed by atoms with Gasteiger partial charge in [-0.3, -0.25) is 0 Å². The average Bonchev–Trinajstić information content (AvgIpc) is 2.55. The van der Waals surface area contributed by atoms with Crippen molar-refractivity contribution in [3.63, 3.8) is 0 Å². The van der Waals surface area contributed by atoms with Crippen molar-refractivity contribution in [2.45, 2.75) is 6.04 Å². The second kappa shape index (κ2) is 4.90. The van der Waals surface area contributed by atoms with Crippen LogP contribution in [-0.2, 0) is 0 Å². The molecule has 2 nitrogen and oxygen atoms in total. The Morgan fingerprint density at radius 1 is 0.905 bits per heavy atom. The molecule has 0 saturated carbocycles. The van der Waals surface area contributed by atoms with Gasteiger partial charge in [-0.15, -0.1) is 0 Å². The number of dihydropyridines is 1. The number of allylic oxidation sites excluding steroid dienone is 2. The van der Waals surface area contributed by atoms with Gasteiger partial charge in [0.15, 0.2) is 0 Å². The Balaban J connectivity index is 1.81. The number of rotatable bonds is 1. The molecular formula is C18H13ClN2. The highest BCUT2D eigenvalue weighted by Gasteiger charge is 2.29. The molecule has 3 heteroatoms. The molecule has 21 heavy (non-hydrogen) atoms. The molecule has 0 saturated heterocycles. The Hall–Kier alpha value is -2.32. The summed E-state index contributed by atoms with van der Waals surface area (Å²) in [5, 5.41) is 4.15. The second-order valence-corrected chi connectivity index (χ2v) is 5.47. The van der Waals surface area contributed by atoms with E-state index >= 15 is 0 Å². The molecule has 0 radical (unpaired) electrons. The summed E-state index contributed by atoms with van der Waals surface area (Å²) in [5.41, 5.74) is 5.39. The first-order valence-corrected chi connectivity index (χ1v) is 7.28. The molecule has 0 aromatic heterocycles. The topological polar surface area (TPSA) is 24.4 Å². The molecule has 2 aliphatic heterocycles. The minimum absolute atomic E-state index is 0.0615. The molecule has 2 heterocycles. The smallest absolute Gasteiger partial charge is 0.135 e. The Morgan fingerprint density at radius 2 is 1.67 bits per heavy atom. The summed E-state index contributed by atoms with van der Waals surface area (Å²) in [4.78, 5) is 4.47. The van der Waals surface area contributed by atoms with Crippen LogP contribution >= 0.6 is 11.6 Å². The zero-order valence-electron chi connectivity index (χ0n) is 11.3. The van der Waals surface area contributed by atoms with Gasteiger partial charge in [-0.2, -0.15) is 0 Å². The lowest BCUT2D eigenvalue weighted by Gasteiger charge is -2.31. The first-order chi connectivity index (χ1) is 10.3. The summed E-state index contributed by atoms with van der Waals surface area (Å²) in [6.45, 7) is 0. The summed E-state index contributed by atoms with van der Waals surface area (Å²) in [5.74, 6) is 0. The third-order valence-electron chi connectivity index (χ3n) is 3.83. The van der Waals surface area contributed by atoms with Crippen LogP contribution in [0, 0.1) is 0 Å². The summed E-state index contributed by atoms with van der Waals surface area (Å²) in [6.07, 6.45) is 4.12. The molecule has 1 unspecified atom stereocenters. The number of halogens is 1. The predicted octanol–water partition coefficient (Wildman–Crippen LogP) is 4.58. The van der Waals surface area contributed by atoms with Gasteiger partial charge in [-0.25, -0.2) is 4.99 Å². The fourth-order valence-electron chi connectivity index (χ4n) is 2.78. The molecule has 2 aromatic carbocycles. The molecule has 0 spiro atoms. The van der Waals surface area contributed by atoms with E-state index in [0.29, 0.717) is 5.17 Å². The van der Waals surface area contributed by atoms with E-state index in [1.807, 2.05) is 36.4 Å². The van der Waals surface area contributed by atoms with Crippen LogP contribution in [-0.4, -0.2) is 5.17 Å². The molecule has 2 aromatic rings. The number of hydrogen-bond donors (Lipinski definition) is 1. The van der Waals surface area contributed by atoms with Gasteiger partial charge in [0.1, 0.15) is 5.17 Å². The lowest BCUT2D eigenvalue weighted by atomic mass is 9.91. The monoisotopic (exact) mass is 292 g/mol. The van der Waals surface area contributed by atoms with Crippen molar-refractivity contribution in [3.8, 4) is 0 Å². The second-order valence-electron chi connectivity index (χ2n) is 5.11. The number of nitrogens with one attached hydrogen (secondary N) is 1. The third kappa shape index (κ3) is 2.08. The molecule has 0 aliphatic carbocycles. The van der Waals surface area contributed by atoms with E-state index < -0.39 is 0 Å². The van der Waals surface area contributed by atoms with E-state index in [9.17, 15) is 0 Å². The zero-order valence-corrected chi connectivity index (χ0v) is 12.0. The van der Waals surface area contributed by atoms with Gasteiger partial charge in [0.2, 0.25) is 0 Å². The first kappa shape index (κ1) is 12.4. The quantitative estimate of drug-likeness (QED) is 0.817. The molecule has 1 N–H and O–H groups in total. The van der Waals surface area contributed by atoms with Crippen LogP contribution < -0.4 is 5.32 Å². The van der Waals surface area contributed by atoms with Crippen molar-refractivity contribution in [3.05, 3.63) is 83.4 Å². The Labute approximate surface area is 128 Å². The van der Waals surface area contributed by atoms with Gasteiger partial charge in [-0.05, 0) is 17.7 Å². The summed E-state index contributed by atoms with van der Waals surface area (Å²) >= 11 is 6.32. The first-order valence-electron chi connectivity index (χ1n) is 6.90. The van der Waals surface area contributed by atoms with E-state index in [1.54, 1.807) is 0 Å². The Morgan fingerprint density at radius 3 is 2.52 bits per heavy atom. The van der Waals surface area contributed by atoms with Crippen LogP contribution in [0.1, 0.15) is 17.2 Å². The highest BCUT2D eigenvalue weighted by Crippen LogP contribution is 2.40. The van der Waals surface area contributed by atoms with Crippen molar-refractivity contribution in [2.24, 2.45) is 4.99 Å². The maximum atomic E-state index is 6.32. The van der Waals surface area contributed by atoms with Crippen LogP contribution in [0.4, 0.5) is 5.69 Å². The minimum atomic E-state index is 0.0615. The van der Waals surface area contributed by atoms with Crippen molar-refractivity contribution < 1.29 is 0 Å². The van der Waals surface area contributed by atoms with Crippen molar-refractivity contribution in [2.75, 3.05) is 0 Å². The average molecular weight is 293 g/mol. The van der Waals surface area contributed by atoms with E-state index in [4.69, 9.17) is 11.6 Å².